The lowest BCUT2D eigenvalue weighted by Gasteiger charge is -2.30. The van der Waals surface area contributed by atoms with Crippen LogP contribution in [0.25, 0.3) is 0 Å². The van der Waals surface area contributed by atoms with Gasteiger partial charge in [-0.3, -0.25) is 23.4 Å². The van der Waals surface area contributed by atoms with Gasteiger partial charge in [-0.1, -0.05) is 82.7 Å². The molecule has 0 bridgehead atoms. The predicted octanol–water partition coefficient (Wildman–Crippen LogP) is 3.17. The molecule has 4 amide bonds. The molecule has 1 aromatic heterocycles. The number of aliphatic hydroxyl groups is 1. The largest absolute Gasteiger partial charge is 0.444 e. The molecule has 1 fully saturated rings. The molecule has 0 spiro atoms. The van der Waals surface area contributed by atoms with Gasteiger partial charge < -0.3 is 36.8 Å². The predicted molar refractivity (Wildman–Crippen MR) is 214 cm³/mol. The van der Waals surface area contributed by atoms with Crippen molar-refractivity contribution in [3.05, 3.63) is 53.5 Å². The van der Waals surface area contributed by atoms with Crippen molar-refractivity contribution in [2.45, 2.75) is 136 Å². The van der Waals surface area contributed by atoms with Gasteiger partial charge in [0.15, 0.2) is 5.78 Å². The summed E-state index contributed by atoms with van der Waals surface area (Å²) < 4.78 is 18.6. The average molecular weight is 800 g/mol. The molecule has 0 saturated heterocycles. The number of aromatic nitrogens is 2. The number of carbonyl (C=O) groups is 5. The second-order valence-corrected chi connectivity index (χ2v) is 17.2. The second kappa shape index (κ2) is 22.3. The third kappa shape index (κ3) is 16.3. The topological polar surface area (TPSA) is 232 Å². The van der Waals surface area contributed by atoms with E-state index in [1.54, 1.807) is 52.0 Å². The normalized spacial score (nSPS) is 16.6. The molecule has 1 aromatic carbocycles. The van der Waals surface area contributed by atoms with E-state index in [1.807, 2.05) is 19.9 Å². The number of hydrogen-bond acceptors (Lipinski definition) is 11. The van der Waals surface area contributed by atoms with Gasteiger partial charge in [-0.15, -0.1) is 0 Å². The molecule has 3 rings (SSSR count). The highest BCUT2D eigenvalue weighted by Crippen LogP contribution is 2.28. The first-order chi connectivity index (χ1) is 26.4. The van der Waals surface area contributed by atoms with Crippen LogP contribution in [0.4, 0.5) is 10.6 Å². The van der Waals surface area contributed by atoms with Crippen LogP contribution in [0.3, 0.4) is 0 Å². The minimum atomic E-state index is -1.95. The third-order valence-electron chi connectivity index (χ3n) is 9.76. The molecule has 15 nitrogen and oxygen atoms in total. The van der Waals surface area contributed by atoms with Crippen molar-refractivity contribution in [1.29, 1.82) is 0 Å². The van der Waals surface area contributed by atoms with E-state index in [9.17, 15) is 33.3 Å². The summed E-state index contributed by atoms with van der Waals surface area (Å²) in [5, 5.41) is 22.3. The Morgan fingerprint density at radius 2 is 1.68 bits per heavy atom. The number of aryl methyl sites for hydroxylation is 1. The molecule has 16 heteroatoms. The van der Waals surface area contributed by atoms with Crippen LogP contribution < -0.4 is 27.0 Å². The van der Waals surface area contributed by atoms with Crippen molar-refractivity contribution in [3.8, 4) is 0 Å². The summed E-state index contributed by atoms with van der Waals surface area (Å²) >= 11 is 0. The molecule has 2 aromatic rings. The Hall–Kier alpha value is -4.44. The van der Waals surface area contributed by atoms with E-state index in [0.29, 0.717) is 24.2 Å². The van der Waals surface area contributed by atoms with Crippen LogP contribution in [0.1, 0.15) is 103 Å². The Kier molecular flexibility index (Phi) is 18.3. The van der Waals surface area contributed by atoms with Gasteiger partial charge in [-0.25, -0.2) is 14.8 Å². The molecule has 0 radical (unpaired) electrons. The number of nitrogens with two attached hydrogens (primary N) is 1. The number of rotatable bonds is 20. The van der Waals surface area contributed by atoms with Crippen LogP contribution in [0.5, 0.6) is 0 Å². The number of benzene rings is 1. The molecule has 1 aliphatic rings. The zero-order chi connectivity index (χ0) is 41.4. The summed E-state index contributed by atoms with van der Waals surface area (Å²) in [6.45, 7) is 10.6. The van der Waals surface area contributed by atoms with E-state index >= 15 is 0 Å². The minimum Gasteiger partial charge on any atom is -0.444 e. The van der Waals surface area contributed by atoms with Crippen LogP contribution in [-0.2, 0) is 47.7 Å². The van der Waals surface area contributed by atoms with Gasteiger partial charge >= 0.3 is 6.09 Å². The molecule has 1 saturated carbocycles. The lowest BCUT2D eigenvalue weighted by molar-refractivity contribution is -0.131. The molecule has 1 heterocycles. The minimum absolute atomic E-state index is 0.0623. The molecular weight excluding hydrogens is 739 g/mol. The Morgan fingerprint density at radius 3 is 2.30 bits per heavy atom. The fraction of sp³-hybridized carbons (Fsp3) is 0.625. The first-order valence-corrected chi connectivity index (χ1v) is 21.0. The van der Waals surface area contributed by atoms with Crippen molar-refractivity contribution in [2.75, 3.05) is 17.2 Å². The molecule has 1 unspecified atom stereocenters. The first-order valence-electron chi connectivity index (χ1n) is 19.5. The molecule has 310 valence electrons. The second-order valence-electron chi connectivity index (χ2n) is 15.7. The van der Waals surface area contributed by atoms with Gasteiger partial charge in [-0.2, -0.15) is 0 Å². The zero-order valence-electron chi connectivity index (χ0n) is 33.6. The van der Waals surface area contributed by atoms with E-state index in [4.69, 9.17) is 10.5 Å². The number of ether oxygens (including phenoxy) is 1. The summed E-state index contributed by atoms with van der Waals surface area (Å²) in [6, 6.07) is 6.24. The van der Waals surface area contributed by atoms with Gasteiger partial charge in [-0.05, 0) is 57.9 Å². The van der Waals surface area contributed by atoms with E-state index in [1.165, 1.54) is 6.20 Å². The number of Topliss-reactive ketones (excluding diaryl/α,β-unsaturated/α-hetero) is 1. The summed E-state index contributed by atoms with van der Waals surface area (Å²) in [6.07, 6.45) is 5.11. The zero-order valence-corrected chi connectivity index (χ0v) is 34.4. The first kappa shape index (κ1) is 45.9. The van der Waals surface area contributed by atoms with Crippen LogP contribution in [0, 0.1) is 18.8 Å². The Balaban J connectivity index is 1.65. The van der Waals surface area contributed by atoms with E-state index in [2.05, 4.69) is 31.2 Å². The van der Waals surface area contributed by atoms with Crippen LogP contribution in [0.2, 0.25) is 0 Å². The number of amides is 4. The molecular formula is C40H61N7O8S. The van der Waals surface area contributed by atoms with Gasteiger partial charge in [0.2, 0.25) is 17.7 Å². The van der Waals surface area contributed by atoms with Gasteiger partial charge in [0.25, 0.3) is 0 Å². The molecule has 6 atom stereocenters. The standard InChI is InChI=1S/C40H61N7O8S/c1-7-25(2)36(38(52)43-22-29-21-42-26(3)44-37(29)41)47-34(50)20-32(48)30(18-27-14-10-8-11-15-27)45-35(51)24-56(54)23-33(49)31(19-28-16-12-9-13-17-28)46-39(53)55-40(4,5)6/h9,12-13,16-17,21,25,27,30-32,36,48H,7-8,10-11,14-15,18-20,22-24H2,1-6H3,(H,43,52)(H,45,51)(H,46,53)(H,47,50)(H2,41,42,44)/t25-,30-,31-,32-,36-,56?/m0/s1. The number of carbonyl (C=O) groups excluding carboxylic acids is 5. The highest BCUT2D eigenvalue weighted by atomic mass is 32.2. The molecule has 56 heavy (non-hydrogen) atoms. The highest BCUT2D eigenvalue weighted by Gasteiger charge is 2.32. The van der Waals surface area contributed by atoms with E-state index in [0.717, 1.165) is 37.7 Å². The van der Waals surface area contributed by atoms with Crippen molar-refractivity contribution in [1.82, 2.24) is 31.2 Å². The Labute approximate surface area is 332 Å². The summed E-state index contributed by atoms with van der Waals surface area (Å²) in [7, 11) is -1.95. The van der Waals surface area contributed by atoms with Crippen LogP contribution >= 0.6 is 0 Å². The van der Waals surface area contributed by atoms with Gasteiger partial charge in [0.05, 0.1) is 30.4 Å². The fourth-order valence-electron chi connectivity index (χ4n) is 6.55. The monoisotopic (exact) mass is 799 g/mol. The number of nitrogens with one attached hydrogen (secondary N) is 4. The summed E-state index contributed by atoms with van der Waals surface area (Å²) in [5.74, 6) is -2.51. The summed E-state index contributed by atoms with van der Waals surface area (Å²) in [4.78, 5) is 74.1. The number of aliphatic hydroxyl groups excluding tert-OH is 1. The van der Waals surface area contributed by atoms with Crippen molar-refractivity contribution < 1.29 is 38.0 Å². The number of alkyl carbamates (subject to hydrolysis) is 1. The van der Waals surface area contributed by atoms with Crippen molar-refractivity contribution in [3.63, 3.8) is 0 Å². The highest BCUT2D eigenvalue weighted by molar-refractivity contribution is 7.86. The lowest BCUT2D eigenvalue weighted by Crippen LogP contribution is -2.52. The van der Waals surface area contributed by atoms with Crippen molar-refractivity contribution in [2.24, 2.45) is 11.8 Å². The fourth-order valence-corrected chi connectivity index (χ4v) is 7.55. The Bertz CT molecular complexity index is 1650. The third-order valence-corrected chi connectivity index (χ3v) is 10.9. The van der Waals surface area contributed by atoms with E-state index in [-0.39, 0.29) is 30.6 Å². The lowest BCUT2D eigenvalue weighted by atomic mass is 9.83. The quantitative estimate of drug-likeness (QED) is 0.114. The van der Waals surface area contributed by atoms with Crippen LogP contribution in [-0.4, -0.2) is 90.2 Å². The summed E-state index contributed by atoms with van der Waals surface area (Å²) in [5.41, 5.74) is 6.47. The maximum atomic E-state index is 13.4. The van der Waals surface area contributed by atoms with E-state index < -0.39 is 88.2 Å². The Morgan fingerprint density at radius 1 is 1.00 bits per heavy atom. The number of hydrogen-bond donors (Lipinski definition) is 6. The SMILES string of the molecule is CC[C@H](C)[C@H](NC(=O)C[C@H](O)[C@H](CC1CCCCC1)NC(=O)CS(=O)CC(=O)[C@H](Cc1ccccc1)NC(=O)OC(C)(C)C)C(=O)NCc1cnc(C)nc1N. The molecule has 1 aliphatic carbocycles. The molecule has 0 aliphatic heterocycles. The average Bonchev–Trinajstić information content (AvgIpc) is 3.12. The van der Waals surface area contributed by atoms with Gasteiger partial charge in [0, 0.05) is 29.1 Å². The maximum absolute atomic E-state index is 13.4. The number of nitrogen functional groups attached to an aromatic ring is 1. The number of ketones is 1. The maximum Gasteiger partial charge on any atom is 0.408 e. The number of anilines is 1. The van der Waals surface area contributed by atoms with Crippen molar-refractivity contribution >= 4 is 46.2 Å². The molecule has 7 N–H and O–H groups in total. The number of nitrogens with zero attached hydrogens (tertiary/aromatic N) is 2. The van der Waals surface area contributed by atoms with Gasteiger partial charge in [0.1, 0.15) is 29.0 Å². The van der Waals surface area contributed by atoms with Crippen LogP contribution in [0.15, 0.2) is 36.5 Å². The smallest absolute Gasteiger partial charge is 0.408 e.